The first-order chi connectivity index (χ1) is 14.0. The average molecular weight is 457 g/mol. The summed E-state index contributed by atoms with van der Waals surface area (Å²) in [5.41, 5.74) is 4.09. The zero-order chi connectivity index (χ0) is 20.6. The molecule has 1 aliphatic rings. The third-order valence-corrected chi connectivity index (χ3v) is 5.00. The van der Waals surface area contributed by atoms with Crippen LogP contribution >= 0.6 is 34.8 Å². The van der Waals surface area contributed by atoms with E-state index in [0.717, 1.165) is 18.7 Å². The molecule has 0 spiro atoms. The molecule has 0 bridgehead atoms. The maximum Gasteiger partial charge on any atom is 0.254 e. The molecule has 0 aliphatic carbocycles. The minimum absolute atomic E-state index is 0.191. The number of hydrazone groups is 1. The van der Waals surface area contributed by atoms with Gasteiger partial charge in [-0.25, -0.2) is 5.43 Å². The zero-order valence-electron chi connectivity index (χ0n) is 15.5. The minimum Gasteiger partial charge on any atom is -0.486 e. The summed E-state index contributed by atoms with van der Waals surface area (Å²) < 4.78 is 11.0. The number of hydrogen-bond donors (Lipinski definition) is 1. The van der Waals surface area contributed by atoms with E-state index in [9.17, 15) is 4.79 Å². The van der Waals surface area contributed by atoms with Gasteiger partial charge < -0.3 is 9.47 Å². The molecule has 0 atom stereocenters. The molecule has 0 saturated carbocycles. The van der Waals surface area contributed by atoms with E-state index in [0.29, 0.717) is 46.2 Å². The fraction of sp³-hybridized carbons (Fsp3) is 0.300. The predicted molar refractivity (Wildman–Crippen MR) is 115 cm³/mol. The molecule has 29 heavy (non-hydrogen) atoms. The molecule has 0 radical (unpaired) electrons. The number of carbonyl (C=O) groups is 1. The summed E-state index contributed by atoms with van der Waals surface area (Å²) in [6, 6.07) is 10.6. The standard InChI is InChI=1S/C20H20Cl3N3O3/c21-16-3-1-14(2-4-16)13-29-20-17(22)9-15(10-18(20)23)11-24-25-19(27)12-26-5-7-28-8-6-26/h1-4,9-11H,5-8,12-13H2,(H,25,27)/b24-11+. The Morgan fingerprint density at radius 3 is 2.45 bits per heavy atom. The van der Waals surface area contributed by atoms with Crippen LogP contribution in [0.3, 0.4) is 0 Å². The molecule has 0 aromatic heterocycles. The lowest BCUT2D eigenvalue weighted by Gasteiger charge is -2.25. The monoisotopic (exact) mass is 455 g/mol. The van der Waals surface area contributed by atoms with Crippen molar-refractivity contribution in [3.63, 3.8) is 0 Å². The first kappa shape index (κ1) is 21.9. The van der Waals surface area contributed by atoms with E-state index < -0.39 is 0 Å². The Kier molecular flexibility index (Phi) is 8.15. The second-order valence-corrected chi connectivity index (χ2v) is 7.66. The van der Waals surface area contributed by atoms with E-state index in [1.807, 2.05) is 17.0 Å². The minimum atomic E-state index is -0.191. The van der Waals surface area contributed by atoms with Gasteiger partial charge in [0.2, 0.25) is 0 Å². The van der Waals surface area contributed by atoms with Crippen LogP contribution in [0.5, 0.6) is 5.75 Å². The summed E-state index contributed by atoms with van der Waals surface area (Å²) in [5, 5.41) is 5.33. The third kappa shape index (κ3) is 6.87. The molecule has 1 N–H and O–H groups in total. The number of amides is 1. The highest BCUT2D eigenvalue weighted by atomic mass is 35.5. The van der Waals surface area contributed by atoms with Crippen molar-refractivity contribution < 1.29 is 14.3 Å². The number of halogens is 3. The summed E-state index contributed by atoms with van der Waals surface area (Å²) in [6.45, 7) is 3.33. The Hall–Kier alpha value is -1.83. The smallest absolute Gasteiger partial charge is 0.254 e. The number of morpholine rings is 1. The molecule has 1 aliphatic heterocycles. The number of benzene rings is 2. The second kappa shape index (κ2) is 10.8. The van der Waals surface area contributed by atoms with Gasteiger partial charge in [-0.05, 0) is 35.4 Å². The molecule has 154 valence electrons. The molecule has 1 saturated heterocycles. The van der Waals surface area contributed by atoms with Gasteiger partial charge in [-0.2, -0.15) is 5.10 Å². The van der Waals surface area contributed by atoms with Crippen LogP contribution in [0.2, 0.25) is 15.1 Å². The van der Waals surface area contributed by atoms with Crippen LogP contribution in [0.1, 0.15) is 11.1 Å². The van der Waals surface area contributed by atoms with E-state index >= 15 is 0 Å². The van der Waals surface area contributed by atoms with E-state index in [-0.39, 0.29) is 12.5 Å². The van der Waals surface area contributed by atoms with Gasteiger partial charge in [0, 0.05) is 18.1 Å². The normalized spacial score (nSPS) is 14.9. The first-order valence-electron chi connectivity index (χ1n) is 8.99. The zero-order valence-corrected chi connectivity index (χ0v) is 17.8. The van der Waals surface area contributed by atoms with Crippen LogP contribution in [0.4, 0.5) is 0 Å². The van der Waals surface area contributed by atoms with Crippen LogP contribution in [-0.4, -0.2) is 49.9 Å². The predicted octanol–water partition coefficient (Wildman–Crippen LogP) is 4.01. The molecule has 3 rings (SSSR count). The van der Waals surface area contributed by atoms with Crippen molar-refractivity contribution in [2.75, 3.05) is 32.8 Å². The number of carbonyl (C=O) groups excluding carboxylic acids is 1. The fourth-order valence-corrected chi connectivity index (χ4v) is 3.44. The van der Waals surface area contributed by atoms with Crippen molar-refractivity contribution in [2.24, 2.45) is 5.10 Å². The molecule has 0 unspecified atom stereocenters. The van der Waals surface area contributed by atoms with Gasteiger partial charge in [-0.1, -0.05) is 46.9 Å². The van der Waals surface area contributed by atoms with E-state index in [1.54, 1.807) is 24.3 Å². The number of rotatable bonds is 7. The van der Waals surface area contributed by atoms with E-state index in [4.69, 9.17) is 44.3 Å². The molecule has 1 fully saturated rings. The van der Waals surface area contributed by atoms with E-state index in [1.165, 1.54) is 6.21 Å². The quantitative estimate of drug-likeness (QED) is 0.505. The maximum absolute atomic E-state index is 11.9. The Bertz CT molecular complexity index is 846. The van der Waals surface area contributed by atoms with Gasteiger partial charge in [-0.3, -0.25) is 9.69 Å². The Morgan fingerprint density at radius 2 is 1.79 bits per heavy atom. The van der Waals surface area contributed by atoms with Gasteiger partial charge in [0.05, 0.1) is 36.0 Å². The van der Waals surface area contributed by atoms with E-state index in [2.05, 4.69) is 10.5 Å². The summed E-state index contributed by atoms with van der Waals surface area (Å²) in [6.07, 6.45) is 1.48. The van der Waals surface area contributed by atoms with Crippen LogP contribution in [-0.2, 0) is 16.1 Å². The molecular formula is C20H20Cl3N3O3. The lowest BCUT2D eigenvalue weighted by Crippen LogP contribution is -2.42. The highest BCUT2D eigenvalue weighted by Gasteiger charge is 2.14. The highest BCUT2D eigenvalue weighted by molar-refractivity contribution is 6.37. The second-order valence-electron chi connectivity index (χ2n) is 6.41. The van der Waals surface area contributed by atoms with Gasteiger partial charge >= 0.3 is 0 Å². The topological polar surface area (TPSA) is 63.2 Å². The number of hydrogen-bond acceptors (Lipinski definition) is 5. The van der Waals surface area contributed by atoms with Crippen molar-refractivity contribution in [1.29, 1.82) is 0 Å². The molecular weight excluding hydrogens is 437 g/mol. The van der Waals surface area contributed by atoms with Crippen molar-refractivity contribution in [1.82, 2.24) is 10.3 Å². The number of nitrogens with one attached hydrogen (secondary N) is 1. The molecule has 1 amide bonds. The summed E-state index contributed by atoms with van der Waals surface area (Å²) >= 11 is 18.5. The molecule has 1 heterocycles. The Labute approximate surface area is 184 Å². The SMILES string of the molecule is O=C(CN1CCOCC1)N/N=C/c1cc(Cl)c(OCc2ccc(Cl)cc2)c(Cl)c1. The molecule has 2 aromatic rings. The van der Waals surface area contributed by atoms with Crippen molar-refractivity contribution >= 4 is 46.9 Å². The fourth-order valence-electron chi connectivity index (χ4n) is 2.70. The van der Waals surface area contributed by atoms with Crippen LogP contribution < -0.4 is 10.2 Å². The van der Waals surface area contributed by atoms with Crippen LogP contribution in [0.25, 0.3) is 0 Å². The van der Waals surface area contributed by atoms with Gasteiger partial charge in [0.25, 0.3) is 5.91 Å². The highest BCUT2D eigenvalue weighted by Crippen LogP contribution is 2.34. The third-order valence-electron chi connectivity index (χ3n) is 4.19. The summed E-state index contributed by atoms with van der Waals surface area (Å²) in [4.78, 5) is 14.0. The van der Waals surface area contributed by atoms with Gasteiger partial charge in [-0.15, -0.1) is 0 Å². The summed E-state index contributed by atoms with van der Waals surface area (Å²) in [5.74, 6) is 0.194. The van der Waals surface area contributed by atoms with Crippen LogP contribution in [0, 0.1) is 0 Å². The molecule has 9 heteroatoms. The Balaban J connectivity index is 1.54. The maximum atomic E-state index is 11.9. The van der Waals surface area contributed by atoms with Gasteiger partial charge in [0.1, 0.15) is 6.61 Å². The number of ether oxygens (including phenoxy) is 2. The van der Waals surface area contributed by atoms with Crippen molar-refractivity contribution in [3.05, 3.63) is 62.6 Å². The molecule has 6 nitrogen and oxygen atoms in total. The van der Waals surface area contributed by atoms with Crippen LogP contribution in [0.15, 0.2) is 41.5 Å². The van der Waals surface area contributed by atoms with Gasteiger partial charge in [0.15, 0.2) is 5.75 Å². The van der Waals surface area contributed by atoms with Crippen molar-refractivity contribution in [2.45, 2.75) is 6.61 Å². The average Bonchev–Trinajstić information content (AvgIpc) is 2.69. The first-order valence-corrected chi connectivity index (χ1v) is 10.1. The number of nitrogens with zero attached hydrogens (tertiary/aromatic N) is 2. The Morgan fingerprint density at radius 1 is 1.14 bits per heavy atom. The lowest BCUT2D eigenvalue weighted by atomic mass is 10.2. The molecule has 2 aromatic carbocycles. The lowest BCUT2D eigenvalue weighted by molar-refractivity contribution is -0.123. The largest absolute Gasteiger partial charge is 0.486 e. The summed E-state index contributed by atoms with van der Waals surface area (Å²) in [7, 11) is 0. The van der Waals surface area contributed by atoms with Crippen molar-refractivity contribution in [3.8, 4) is 5.75 Å².